The second kappa shape index (κ2) is 7.72. The third-order valence-corrected chi connectivity index (χ3v) is 7.18. The molecule has 0 radical (unpaired) electrons. The third-order valence-electron chi connectivity index (χ3n) is 5.19. The summed E-state index contributed by atoms with van der Waals surface area (Å²) < 4.78 is 38.6. The van der Waals surface area contributed by atoms with E-state index in [1.165, 1.54) is 4.31 Å². The second-order valence-electron chi connectivity index (χ2n) is 7.09. The summed E-state index contributed by atoms with van der Waals surface area (Å²) in [7, 11) is -1.73. The SMILES string of the molecule is COC1(C)CCCN(Cc2ccccc2S(=O)(=O)N2CCOCC2)C1. The quantitative estimate of drug-likeness (QED) is 0.792. The highest BCUT2D eigenvalue weighted by Gasteiger charge is 2.32. The number of hydrogen-bond acceptors (Lipinski definition) is 5. The molecular formula is C18H28N2O4S. The van der Waals surface area contributed by atoms with E-state index in [0.29, 0.717) is 37.7 Å². The number of morpholine rings is 1. The van der Waals surface area contributed by atoms with Gasteiger partial charge in [-0.15, -0.1) is 0 Å². The highest BCUT2D eigenvalue weighted by atomic mass is 32.2. The molecule has 0 N–H and O–H groups in total. The van der Waals surface area contributed by atoms with Crippen LogP contribution in [0, 0.1) is 0 Å². The minimum atomic E-state index is -3.48. The fourth-order valence-electron chi connectivity index (χ4n) is 3.66. The van der Waals surface area contributed by atoms with E-state index >= 15 is 0 Å². The van der Waals surface area contributed by atoms with Crippen LogP contribution in [-0.2, 0) is 26.0 Å². The molecule has 1 aromatic carbocycles. The van der Waals surface area contributed by atoms with E-state index in [-0.39, 0.29) is 5.60 Å². The van der Waals surface area contributed by atoms with Gasteiger partial charge in [0.25, 0.3) is 0 Å². The predicted octanol–water partition coefficient (Wildman–Crippen LogP) is 1.71. The molecule has 3 rings (SSSR count). The van der Waals surface area contributed by atoms with Crippen LogP contribution in [0.1, 0.15) is 25.3 Å². The molecule has 7 heteroatoms. The Morgan fingerprint density at radius 1 is 1.20 bits per heavy atom. The number of ether oxygens (including phenoxy) is 2. The molecule has 2 fully saturated rings. The lowest BCUT2D eigenvalue weighted by Gasteiger charge is -2.39. The molecule has 140 valence electrons. The minimum absolute atomic E-state index is 0.156. The van der Waals surface area contributed by atoms with Crippen molar-refractivity contribution in [3.05, 3.63) is 29.8 Å². The largest absolute Gasteiger partial charge is 0.379 e. The summed E-state index contributed by atoms with van der Waals surface area (Å²) >= 11 is 0. The van der Waals surface area contributed by atoms with E-state index in [2.05, 4.69) is 11.8 Å². The molecule has 2 aliphatic heterocycles. The van der Waals surface area contributed by atoms with Crippen LogP contribution in [0.25, 0.3) is 0 Å². The van der Waals surface area contributed by atoms with E-state index in [9.17, 15) is 8.42 Å². The first-order valence-electron chi connectivity index (χ1n) is 8.88. The Labute approximate surface area is 150 Å². The van der Waals surface area contributed by atoms with Crippen molar-refractivity contribution in [3.8, 4) is 0 Å². The molecular weight excluding hydrogens is 340 g/mol. The number of sulfonamides is 1. The molecule has 0 spiro atoms. The monoisotopic (exact) mass is 368 g/mol. The van der Waals surface area contributed by atoms with Gasteiger partial charge in [0.05, 0.1) is 23.7 Å². The molecule has 0 bridgehead atoms. The molecule has 1 aromatic rings. The molecule has 25 heavy (non-hydrogen) atoms. The zero-order valence-electron chi connectivity index (χ0n) is 15.1. The first kappa shape index (κ1) is 18.8. The molecule has 1 atom stereocenters. The van der Waals surface area contributed by atoms with Crippen molar-refractivity contribution in [1.29, 1.82) is 0 Å². The lowest BCUT2D eigenvalue weighted by molar-refractivity contribution is -0.0528. The van der Waals surface area contributed by atoms with E-state index in [1.807, 2.05) is 12.1 Å². The Kier molecular flexibility index (Phi) is 5.80. The highest BCUT2D eigenvalue weighted by molar-refractivity contribution is 7.89. The number of methoxy groups -OCH3 is 1. The van der Waals surface area contributed by atoms with Gasteiger partial charge < -0.3 is 9.47 Å². The van der Waals surface area contributed by atoms with Gasteiger partial charge in [0.15, 0.2) is 0 Å². The van der Waals surface area contributed by atoms with Crippen LogP contribution < -0.4 is 0 Å². The summed E-state index contributed by atoms with van der Waals surface area (Å²) in [5, 5.41) is 0. The van der Waals surface area contributed by atoms with Crippen molar-refractivity contribution in [2.24, 2.45) is 0 Å². The van der Waals surface area contributed by atoms with E-state index in [4.69, 9.17) is 9.47 Å². The van der Waals surface area contributed by atoms with Gasteiger partial charge in [0, 0.05) is 33.3 Å². The van der Waals surface area contributed by atoms with Crippen molar-refractivity contribution >= 4 is 10.0 Å². The maximum atomic E-state index is 13.1. The van der Waals surface area contributed by atoms with Gasteiger partial charge in [-0.2, -0.15) is 4.31 Å². The van der Waals surface area contributed by atoms with Crippen LogP contribution in [0.4, 0.5) is 0 Å². The summed E-state index contributed by atoms with van der Waals surface area (Å²) in [5.41, 5.74) is 0.699. The molecule has 0 aliphatic carbocycles. The Morgan fingerprint density at radius 3 is 2.64 bits per heavy atom. The van der Waals surface area contributed by atoms with Gasteiger partial charge in [-0.1, -0.05) is 18.2 Å². The van der Waals surface area contributed by atoms with E-state index in [1.54, 1.807) is 19.2 Å². The number of nitrogens with zero attached hydrogens (tertiary/aromatic N) is 2. The van der Waals surface area contributed by atoms with Gasteiger partial charge in [0.1, 0.15) is 0 Å². The summed E-state index contributed by atoms with van der Waals surface area (Å²) in [6.07, 6.45) is 2.09. The molecule has 6 nitrogen and oxygen atoms in total. The van der Waals surface area contributed by atoms with Crippen molar-refractivity contribution in [2.75, 3.05) is 46.5 Å². The third kappa shape index (κ3) is 4.23. The lowest BCUT2D eigenvalue weighted by atomic mass is 9.94. The standard InChI is InChI=1S/C18H28N2O4S/c1-18(23-2)8-5-9-19(15-18)14-16-6-3-4-7-17(16)25(21,22)20-10-12-24-13-11-20/h3-4,6-7H,5,8-15H2,1-2H3. The lowest BCUT2D eigenvalue weighted by Crippen LogP contribution is -2.47. The van der Waals surface area contributed by atoms with Gasteiger partial charge in [-0.25, -0.2) is 8.42 Å². The summed E-state index contributed by atoms with van der Waals surface area (Å²) in [6.45, 7) is 6.28. The van der Waals surface area contributed by atoms with Gasteiger partial charge >= 0.3 is 0 Å². The van der Waals surface area contributed by atoms with Gasteiger partial charge in [-0.05, 0) is 37.9 Å². The molecule has 0 aromatic heterocycles. The molecule has 2 heterocycles. The Balaban J connectivity index is 1.81. The number of rotatable bonds is 5. The number of piperidine rings is 1. The van der Waals surface area contributed by atoms with Crippen LogP contribution in [0.5, 0.6) is 0 Å². The zero-order valence-corrected chi connectivity index (χ0v) is 15.9. The Morgan fingerprint density at radius 2 is 1.92 bits per heavy atom. The first-order valence-corrected chi connectivity index (χ1v) is 10.3. The maximum Gasteiger partial charge on any atom is 0.243 e. The average Bonchev–Trinajstić information content (AvgIpc) is 2.63. The molecule has 0 amide bonds. The number of benzene rings is 1. The molecule has 2 aliphatic rings. The smallest absolute Gasteiger partial charge is 0.243 e. The number of hydrogen-bond donors (Lipinski definition) is 0. The van der Waals surface area contributed by atoms with E-state index < -0.39 is 10.0 Å². The van der Waals surface area contributed by atoms with Crippen molar-refractivity contribution in [2.45, 2.75) is 36.8 Å². The zero-order chi connectivity index (χ0) is 17.9. The van der Waals surface area contributed by atoms with Crippen LogP contribution in [0.2, 0.25) is 0 Å². The Bertz CT molecular complexity index is 688. The van der Waals surface area contributed by atoms with Crippen molar-refractivity contribution in [3.63, 3.8) is 0 Å². The topological polar surface area (TPSA) is 59.1 Å². The number of likely N-dealkylation sites (tertiary alicyclic amines) is 1. The van der Waals surface area contributed by atoms with Gasteiger partial charge in [-0.3, -0.25) is 4.90 Å². The van der Waals surface area contributed by atoms with E-state index in [0.717, 1.165) is 31.5 Å². The van der Waals surface area contributed by atoms with Crippen LogP contribution >= 0.6 is 0 Å². The fraction of sp³-hybridized carbons (Fsp3) is 0.667. The van der Waals surface area contributed by atoms with Crippen molar-refractivity contribution in [1.82, 2.24) is 9.21 Å². The predicted molar refractivity (Wildman–Crippen MR) is 95.9 cm³/mol. The van der Waals surface area contributed by atoms with Crippen LogP contribution in [-0.4, -0.2) is 69.7 Å². The normalized spacial score (nSPS) is 26.6. The fourth-order valence-corrected chi connectivity index (χ4v) is 5.28. The van der Waals surface area contributed by atoms with Crippen LogP contribution in [0.3, 0.4) is 0 Å². The first-order chi connectivity index (χ1) is 11.9. The summed E-state index contributed by atoms with van der Waals surface area (Å²) in [5.74, 6) is 0. The van der Waals surface area contributed by atoms with Gasteiger partial charge in [0.2, 0.25) is 10.0 Å². The minimum Gasteiger partial charge on any atom is -0.379 e. The maximum absolute atomic E-state index is 13.1. The van der Waals surface area contributed by atoms with Crippen LogP contribution in [0.15, 0.2) is 29.2 Å². The second-order valence-corrected chi connectivity index (χ2v) is 9.00. The summed E-state index contributed by atoms with van der Waals surface area (Å²) in [6, 6.07) is 7.35. The summed E-state index contributed by atoms with van der Waals surface area (Å²) in [4.78, 5) is 2.71. The molecule has 2 saturated heterocycles. The molecule has 1 unspecified atom stereocenters. The highest BCUT2D eigenvalue weighted by Crippen LogP contribution is 2.27. The Hall–Kier alpha value is -0.990. The molecule has 0 saturated carbocycles. The average molecular weight is 368 g/mol. The van der Waals surface area contributed by atoms with Crippen molar-refractivity contribution < 1.29 is 17.9 Å².